The van der Waals surface area contributed by atoms with Gasteiger partial charge >= 0.3 is 0 Å². The molecule has 24 heavy (non-hydrogen) atoms. The molecule has 5 atom stereocenters. The third-order valence-corrected chi connectivity index (χ3v) is 4.69. The van der Waals surface area contributed by atoms with E-state index < -0.39 is 24.5 Å². The second kappa shape index (κ2) is 6.42. The normalized spacial score (nSPS) is 32.2. The van der Waals surface area contributed by atoms with Crippen LogP contribution < -0.4 is 5.32 Å². The molecule has 6 nitrogen and oxygen atoms in total. The van der Waals surface area contributed by atoms with E-state index in [1.165, 1.54) is 12.3 Å². The fraction of sp³-hybridized carbons (Fsp3) is 0.438. The van der Waals surface area contributed by atoms with Gasteiger partial charge in [-0.1, -0.05) is 29.8 Å². The number of halogens is 2. The summed E-state index contributed by atoms with van der Waals surface area (Å²) in [6.07, 6.45) is 1.44. The van der Waals surface area contributed by atoms with Crippen LogP contribution in [0.3, 0.4) is 0 Å². The summed E-state index contributed by atoms with van der Waals surface area (Å²) in [6.45, 7) is 0.647. The highest BCUT2D eigenvalue weighted by atomic mass is 35.5. The van der Waals surface area contributed by atoms with Gasteiger partial charge in [0.15, 0.2) is 6.29 Å². The second-order valence-electron chi connectivity index (χ2n) is 5.99. The third kappa shape index (κ3) is 2.82. The lowest BCUT2D eigenvalue weighted by molar-refractivity contribution is -0.168. The predicted octanol–water partition coefficient (Wildman–Crippen LogP) is 1.49. The molecule has 0 unspecified atom stereocenters. The van der Waals surface area contributed by atoms with Crippen molar-refractivity contribution >= 4 is 11.6 Å². The van der Waals surface area contributed by atoms with E-state index in [9.17, 15) is 9.50 Å². The molecular weight excluding hydrogens is 337 g/mol. The molecule has 2 aliphatic rings. The molecule has 3 heterocycles. The van der Waals surface area contributed by atoms with Gasteiger partial charge in [0.1, 0.15) is 18.0 Å². The van der Waals surface area contributed by atoms with Crippen LogP contribution in [-0.4, -0.2) is 46.0 Å². The lowest BCUT2D eigenvalue weighted by Crippen LogP contribution is -2.57. The number of hydrogen-bond donors (Lipinski definition) is 2. The van der Waals surface area contributed by atoms with E-state index in [1.807, 2.05) is 0 Å². The van der Waals surface area contributed by atoms with Crippen molar-refractivity contribution in [1.29, 1.82) is 0 Å². The molecule has 2 aliphatic heterocycles. The van der Waals surface area contributed by atoms with Gasteiger partial charge in [-0.05, 0) is 6.07 Å². The van der Waals surface area contributed by atoms with Gasteiger partial charge in [0.25, 0.3) is 0 Å². The molecule has 2 N–H and O–H groups in total. The van der Waals surface area contributed by atoms with Crippen LogP contribution in [-0.2, 0) is 16.0 Å². The Morgan fingerprint density at radius 3 is 3.00 bits per heavy atom. The van der Waals surface area contributed by atoms with Crippen LogP contribution >= 0.6 is 11.6 Å². The summed E-state index contributed by atoms with van der Waals surface area (Å²) >= 11 is 5.92. The number of rotatable bonds is 4. The van der Waals surface area contributed by atoms with E-state index in [0.29, 0.717) is 17.2 Å². The Bertz CT molecular complexity index is 728. The quantitative estimate of drug-likeness (QED) is 0.871. The minimum absolute atomic E-state index is 0.283. The van der Waals surface area contributed by atoms with Crippen molar-refractivity contribution in [1.82, 2.24) is 15.1 Å². The van der Waals surface area contributed by atoms with Crippen molar-refractivity contribution in [3.05, 3.63) is 53.1 Å². The zero-order valence-electron chi connectivity index (χ0n) is 12.7. The maximum Gasteiger partial charge on any atom is 0.183 e. The first-order valence-electron chi connectivity index (χ1n) is 7.75. The summed E-state index contributed by atoms with van der Waals surface area (Å²) in [7, 11) is 0. The zero-order chi connectivity index (χ0) is 16.7. The van der Waals surface area contributed by atoms with E-state index in [-0.39, 0.29) is 18.5 Å². The summed E-state index contributed by atoms with van der Waals surface area (Å²) in [6, 6.07) is 5.61. The predicted molar refractivity (Wildman–Crippen MR) is 83.9 cm³/mol. The fourth-order valence-corrected chi connectivity index (χ4v) is 3.43. The van der Waals surface area contributed by atoms with Gasteiger partial charge < -0.3 is 19.9 Å². The fourth-order valence-electron chi connectivity index (χ4n) is 3.28. The number of benzene rings is 1. The van der Waals surface area contributed by atoms with Crippen molar-refractivity contribution < 1.29 is 19.0 Å². The van der Waals surface area contributed by atoms with Crippen molar-refractivity contribution in [2.45, 2.75) is 37.1 Å². The molecule has 128 valence electrons. The van der Waals surface area contributed by atoms with Crippen molar-refractivity contribution in [2.24, 2.45) is 0 Å². The molecule has 2 fully saturated rings. The Morgan fingerprint density at radius 2 is 2.25 bits per heavy atom. The topological polar surface area (TPSA) is 68.5 Å². The Hall–Kier alpha value is -1.51. The van der Waals surface area contributed by atoms with E-state index in [2.05, 4.69) is 10.4 Å². The number of aromatic nitrogens is 2. The van der Waals surface area contributed by atoms with Crippen LogP contribution in [0.25, 0.3) is 0 Å². The maximum atomic E-state index is 13.8. The molecule has 0 spiro atoms. The van der Waals surface area contributed by atoms with Gasteiger partial charge in [-0.25, -0.2) is 4.39 Å². The van der Waals surface area contributed by atoms with Gasteiger partial charge in [-0.2, -0.15) is 5.10 Å². The SMILES string of the molecule is O[C@H]1[C@H](NCc2ccccc2F)[C@H]2CO[C@H](O2)[C@@H]1n1cc(Cl)cn1. The average Bonchev–Trinajstić information content (AvgIpc) is 3.17. The Labute approximate surface area is 143 Å². The Kier molecular flexibility index (Phi) is 4.28. The molecule has 0 radical (unpaired) electrons. The maximum absolute atomic E-state index is 13.8. The molecule has 0 amide bonds. The van der Waals surface area contributed by atoms with Crippen molar-refractivity contribution in [3.8, 4) is 0 Å². The summed E-state index contributed by atoms with van der Waals surface area (Å²) in [5, 5.41) is 18.6. The number of ether oxygens (including phenoxy) is 2. The van der Waals surface area contributed by atoms with Gasteiger partial charge in [-0.3, -0.25) is 4.68 Å². The smallest absolute Gasteiger partial charge is 0.183 e. The number of fused-ring (bicyclic) bond motifs is 2. The lowest BCUT2D eigenvalue weighted by atomic mass is 9.96. The first-order chi connectivity index (χ1) is 11.6. The lowest BCUT2D eigenvalue weighted by Gasteiger charge is -2.38. The van der Waals surface area contributed by atoms with Crippen LogP contribution in [0.2, 0.25) is 5.02 Å². The molecule has 2 aromatic rings. The number of nitrogens with one attached hydrogen (secondary N) is 1. The molecule has 0 saturated carbocycles. The van der Waals surface area contributed by atoms with Crippen LogP contribution in [0.5, 0.6) is 0 Å². The molecule has 8 heteroatoms. The molecule has 2 bridgehead atoms. The summed E-state index contributed by atoms with van der Waals surface area (Å²) in [5.41, 5.74) is 0.532. The van der Waals surface area contributed by atoms with Crippen LogP contribution in [0.1, 0.15) is 11.6 Å². The molecule has 0 aliphatic carbocycles. The van der Waals surface area contributed by atoms with Gasteiger partial charge in [0.2, 0.25) is 0 Å². The van der Waals surface area contributed by atoms with Gasteiger partial charge in [-0.15, -0.1) is 0 Å². The van der Waals surface area contributed by atoms with Gasteiger partial charge in [0.05, 0.1) is 30.0 Å². The van der Waals surface area contributed by atoms with E-state index >= 15 is 0 Å². The largest absolute Gasteiger partial charge is 0.389 e. The van der Waals surface area contributed by atoms with E-state index in [0.717, 1.165) is 0 Å². The summed E-state index contributed by atoms with van der Waals surface area (Å²) in [5.74, 6) is -0.285. The number of hydrogen-bond acceptors (Lipinski definition) is 5. The molecular formula is C16H17ClFN3O3. The third-order valence-electron chi connectivity index (χ3n) is 4.49. The number of aliphatic hydroxyl groups excluding tert-OH is 1. The second-order valence-corrected chi connectivity index (χ2v) is 6.43. The highest BCUT2D eigenvalue weighted by molar-refractivity contribution is 6.30. The van der Waals surface area contributed by atoms with Crippen LogP contribution in [0, 0.1) is 5.82 Å². The standard InChI is InChI=1S/C16H17ClFN3O3/c17-10-6-20-21(7-10)14-15(22)13(12-8-23-16(14)24-12)19-5-9-3-1-2-4-11(9)18/h1-4,6-7,12-16,19,22H,5,8H2/t12-,13-,14-,15+,16-/m1/s1. The molecule has 1 aromatic heterocycles. The molecule has 4 rings (SSSR count). The molecule has 2 saturated heterocycles. The first-order valence-corrected chi connectivity index (χ1v) is 8.13. The van der Waals surface area contributed by atoms with Crippen LogP contribution in [0.4, 0.5) is 4.39 Å². The van der Waals surface area contributed by atoms with Crippen molar-refractivity contribution in [2.75, 3.05) is 6.61 Å². The molecule has 1 aromatic carbocycles. The minimum Gasteiger partial charge on any atom is -0.389 e. The minimum atomic E-state index is -0.806. The Morgan fingerprint density at radius 1 is 1.42 bits per heavy atom. The van der Waals surface area contributed by atoms with Crippen LogP contribution in [0.15, 0.2) is 36.7 Å². The zero-order valence-corrected chi connectivity index (χ0v) is 13.4. The summed E-state index contributed by atoms with van der Waals surface area (Å²) in [4.78, 5) is 0. The average molecular weight is 354 g/mol. The summed E-state index contributed by atoms with van der Waals surface area (Å²) < 4.78 is 26.8. The number of nitrogens with zero attached hydrogens (tertiary/aromatic N) is 2. The highest BCUT2D eigenvalue weighted by Gasteiger charge is 2.51. The van der Waals surface area contributed by atoms with Gasteiger partial charge in [0, 0.05) is 18.3 Å². The van der Waals surface area contributed by atoms with Crippen molar-refractivity contribution in [3.63, 3.8) is 0 Å². The monoisotopic (exact) mass is 353 g/mol. The first kappa shape index (κ1) is 16.0. The van der Waals surface area contributed by atoms with E-state index in [4.69, 9.17) is 21.1 Å². The number of aliphatic hydroxyl groups is 1. The Balaban J connectivity index is 1.53. The highest BCUT2D eigenvalue weighted by Crippen LogP contribution is 2.35. The van der Waals surface area contributed by atoms with E-state index in [1.54, 1.807) is 29.1 Å².